The molecule has 1 aromatic heterocycles. The van der Waals surface area contributed by atoms with Crippen LogP contribution in [0.3, 0.4) is 0 Å². The van der Waals surface area contributed by atoms with Crippen molar-refractivity contribution >= 4 is 17.2 Å². The quantitative estimate of drug-likeness (QED) is 0.906. The molecule has 0 radical (unpaired) electrons. The molecule has 1 saturated heterocycles. The number of hydrogen-bond donors (Lipinski definition) is 1. The van der Waals surface area contributed by atoms with Crippen molar-refractivity contribution in [3.63, 3.8) is 0 Å². The van der Waals surface area contributed by atoms with Crippen molar-refractivity contribution in [2.75, 3.05) is 13.1 Å². The second-order valence-corrected chi connectivity index (χ2v) is 7.64. The zero-order valence-corrected chi connectivity index (χ0v) is 14.1. The van der Waals surface area contributed by atoms with Gasteiger partial charge in [-0.1, -0.05) is 32.1 Å². The zero-order chi connectivity index (χ0) is 15.4. The molecule has 2 fully saturated rings. The van der Waals surface area contributed by atoms with Crippen molar-refractivity contribution in [2.45, 2.75) is 63.8 Å². The number of likely N-dealkylation sites (tertiary alicyclic amines) is 1. The number of amides is 1. The lowest BCUT2D eigenvalue weighted by Crippen LogP contribution is -2.37. The summed E-state index contributed by atoms with van der Waals surface area (Å²) in [5.74, 6) is 0.966. The molecule has 1 aliphatic heterocycles. The van der Waals surface area contributed by atoms with Crippen LogP contribution in [0, 0.1) is 5.92 Å². The standard InChI is InChI=1S/C17H27N3OS/c18-9-8-16-19-15(12-22-16)17(21)20-10-4-7-14(20)11-13-5-2-1-3-6-13/h12-14H,1-11,18H2. The van der Waals surface area contributed by atoms with E-state index in [4.69, 9.17) is 5.73 Å². The van der Waals surface area contributed by atoms with Crippen molar-refractivity contribution in [2.24, 2.45) is 11.7 Å². The summed E-state index contributed by atoms with van der Waals surface area (Å²) in [7, 11) is 0. The molecule has 1 saturated carbocycles. The lowest BCUT2D eigenvalue weighted by Gasteiger charge is -2.29. The molecule has 0 aromatic carbocycles. The number of rotatable bonds is 5. The van der Waals surface area contributed by atoms with Gasteiger partial charge in [-0.25, -0.2) is 4.98 Å². The number of nitrogens with two attached hydrogens (primary N) is 1. The van der Waals surface area contributed by atoms with E-state index in [9.17, 15) is 4.79 Å². The average Bonchev–Trinajstić information content (AvgIpc) is 3.18. The van der Waals surface area contributed by atoms with E-state index < -0.39 is 0 Å². The monoisotopic (exact) mass is 321 g/mol. The van der Waals surface area contributed by atoms with Gasteiger partial charge in [0.2, 0.25) is 0 Å². The highest BCUT2D eigenvalue weighted by atomic mass is 32.1. The number of aromatic nitrogens is 1. The van der Waals surface area contributed by atoms with Gasteiger partial charge in [0.1, 0.15) is 5.69 Å². The van der Waals surface area contributed by atoms with E-state index in [-0.39, 0.29) is 5.91 Å². The topological polar surface area (TPSA) is 59.2 Å². The van der Waals surface area contributed by atoms with Crippen LogP contribution < -0.4 is 5.73 Å². The van der Waals surface area contributed by atoms with E-state index >= 15 is 0 Å². The van der Waals surface area contributed by atoms with Gasteiger partial charge in [-0.05, 0) is 31.7 Å². The third-order valence-electron chi connectivity index (χ3n) is 5.10. The Hall–Kier alpha value is -0.940. The fourth-order valence-electron chi connectivity index (χ4n) is 3.95. The highest BCUT2D eigenvalue weighted by Gasteiger charge is 2.32. The molecule has 1 amide bonds. The van der Waals surface area contributed by atoms with Gasteiger partial charge >= 0.3 is 0 Å². The molecule has 1 atom stereocenters. The average molecular weight is 321 g/mol. The predicted octanol–water partition coefficient (Wildman–Crippen LogP) is 3.22. The second-order valence-electron chi connectivity index (χ2n) is 6.70. The Morgan fingerprint density at radius 2 is 2.09 bits per heavy atom. The summed E-state index contributed by atoms with van der Waals surface area (Å²) in [5.41, 5.74) is 6.19. The van der Waals surface area contributed by atoms with Crippen LogP contribution in [-0.4, -0.2) is 34.9 Å². The Morgan fingerprint density at radius 1 is 1.27 bits per heavy atom. The van der Waals surface area contributed by atoms with E-state index in [1.54, 1.807) is 11.3 Å². The van der Waals surface area contributed by atoms with Gasteiger partial charge in [0, 0.05) is 24.4 Å². The molecule has 2 aliphatic rings. The van der Waals surface area contributed by atoms with E-state index in [1.807, 2.05) is 5.38 Å². The Bertz CT molecular complexity index is 496. The summed E-state index contributed by atoms with van der Waals surface area (Å²) in [6, 6.07) is 0.440. The minimum absolute atomic E-state index is 0.137. The number of nitrogens with zero attached hydrogens (tertiary/aromatic N) is 2. The minimum atomic E-state index is 0.137. The van der Waals surface area contributed by atoms with Crippen molar-refractivity contribution < 1.29 is 4.79 Å². The van der Waals surface area contributed by atoms with Crippen LogP contribution in [0.2, 0.25) is 0 Å². The molecular formula is C17H27N3OS. The van der Waals surface area contributed by atoms with Crippen LogP contribution in [-0.2, 0) is 6.42 Å². The summed E-state index contributed by atoms with van der Waals surface area (Å²) in [5, 5.41) is 2.89. The lowest BCUT2D eigenvalue weighted by molar-refractivity contribution is 0.0706. The Kier molecular flexibility index (Phi) is 5.47. The first-order chi connectivity index (χ1) is 10.8. The first-order valence-corrected chi connectivity index (χ1v) is 9.61. The van der Waals surface area contributed by atoms with Gasteiger partial charge in [0.15, 0.2) is 0 Å². The van der Waals surface area contributed by atoms with Crippen LogP contribution in [0.5, 0.6) is 0 Å². The lowest BCUT2D eigenvalue weighted by atomic mass is 9.84. The minimum Gasteiger partial charge on any atom is -0.334 e. The smallest absolute Gasteiger partial charge is 0.273 e. The number of thiazole rings is 1. The first-order valence-electron chi connectivity index (χ1n) is 8.73. The van der Waals surface area contributed by atoms with Gasteiger partial charge in [-0.2, -0.15) is 0 Å². The Balaban J connectivity index is 1.62. The zero-order valence-electron chi connectivity index (χ0n) is 13.3. The highest BCUT2D eigenvalue weighted by molar-refractivity contribution is 7.09. The fraction of sp³-hybridized carbons (Fsp3) is 0.765. The predicted molar refractivity (Wildman–Crippen MR) is 90.1 cm³/mol. The maximum absolute atomic E-state index is 12.8. The molecule has 1 aliphatic carbocycles. The Morgan fingerprint density at radius 3 is 2.86 bits per heavy atom. The van der Waals surface area contributed by atoms with Crippen LogP contribution in [0.25, 0.3) is 0 Å². The number of carbonyl (C=O) groups excluding carboxylic acids is 1. The summed E-state index contributed by atoms with van der Waals surface area (Å²) in [4.78, 5) is 19.3. The van der Waals surface area contributed by atoms with Gasteiger partial charge in [0.25, 0.3) is 5.91 Å². The van der Waals surface area contributed by atoms with Crippen molar-refractivity contribution in [1.29, 1.82) is 0 Å². The van der Waals surface area contributed by atoms with Crippen molar-refractivity contribution in [1.82, 2.24) is 9.88 Å². The van der Waals surface area contributed by atoms with Crippen LogP contribution >= 0.6 is 11.3 Å². The van der Waals surface area contributed by atoms with Crippen LogP contribution in [0.4, 0.5) is 0 Å². The van der Waals surface area contributed by atoms with Crippen LogP contribution in [0.1, 0.15) is 66.9 Å². The fourth-order valence-corrected chi connectivity index (χ4v) is 4.74. The molecule has 2 heterocycles. The Labute approximate surface area is 137 Å². The van der Waals surface area contributed by atoms with Gasteiger partial charge < -0.3 is 10.6 Å². The normalized spacial score (nSPS) is 23.1. The molecule has 2 N–H and O–H groups in total. The summed E-state index contributed by atoms with van der Waals surface area (Å²) in [6.07, 6.45) is 11.1. The maximum atomic E-state index is 12.8. The molecule has 22 heavy (non-hydrogen) atoms. The van der Waals surface area contributed by atoms with E-state index in [0.29, 0.717) is 18.3 Å². The third-order valence-corrected chi connectivity index (χ3v) is 6.01. The largest absolute Gasteiger partial charge is 0.334 e. The molecule has 5 heteroatoms. The maximum Gasteiger partial charge on any atom is 0.273 e. The number of hydrogen-bond acceptors (Lipinski definition) is 4. The summed E-state index contributed by atoms with van der Waals surface area (Å²) < 4.78 is 0. The first kappa shape index (κ1) is 15.9. The molecule has 0 spiro atoms. The molecule has 1 unspecified atom stereocenters. The van der Waals surface area contributed by atoms with Gasteiger partial charge in [-0.15, -0.1) is 11.3 Å². The summed E-state index contributed by atoms with van der Waals surface area (Å²) in [6.45, 7) is 1.50. The van der Waals surface area contributed by atoms with Gasteiger partial charge in [-0.3, -0.25) is 4.79 Å². The second kappa shape index (κ2) is 7.55. The van der Waals surface area contributed by atoms with E-state index in [2.05, 4.69) is 9.88 Å². The van der Waals surface area contributed by atoms with E-state index in [1.165, 1.54) is 44.9 Å². The van der Waals surface area contributed by atoms with Crippen molar-refractivity contribution in [3.8, 4) is 0 Å². The molecule has 122 valence electrons. The van der Waals surface area contributed by atoms with Gasteiger partial charge in [0.05, 0.1) is 5.01 Å². The molecular weight excluding hydrogens is 294 g/mol. The van der Waals surface area contributed by atoms with Crippen LogP contribution in [0.15, 0.2) is 5.38 Å². The number of carbonyl (C=O) groups is 1. The molecule has 4 nitrogen and oxygen atoms in total. The SMILES string of the molecule is NCCc1nc(C(=O)N2CCCC2CC2CCCCC2)cs1. The third kappa shape index (κ3) is 3.69. The van der Waals surface area contributed by atoms with Crippen molar-refractivity contribution in [3.05, 3.63) is 16.1 Å². The molecule has 0 bridgehead atoms. The molecule has 1 aromatic rings. The molecule has 3 rings (SSSR count). The summed E-state index contributed by atoms with van der Waals surface area (Å²) >= 11 is 1.56. The van der Waals surface area contributed by atoms with E-state index in [0.717, 1.165) is 30.3 Å². The highest BCUT2D eigenvalue weighted by Crippen LogP contribution is 2.32.